The zero-order valence-electron chi connectivity index (χ0n) is 16.6. The lowest BCUT2D eigenvalue weighted by Gasteiger charge is -2.00. The third kappa shape index (κ3) is 6.83. The molecule has 3 aromatic rings. The molecule has 28 heavy (non-hydrogen) atoms. The number of aromatic nitrogens is 2. The molecule has 3 rings (SSSR count). The number of carbonyl (C=O) groups is 1. The average molecular weight is 470 g/mol. The molecular formula is C20H25BrFN3O2S. The molecule has 1 N–H and O–H groups in total. The monoisotopic (exact) mass is 469 g/mol. The maximum atomic E-state index is 13.0. The van der Waals surface area contributed by atoms with Crippen molar-refractivity contribution in [3.8, 4) is 21.8 Å². The van der Waals surface area contributed by atoms with E-state index in [4.69, 9.17) is 4.52 Å². The summed E-state index contributed by atoms with van der Waals surface area (Å²) in [5.74, 6) is 0.447. The van der Waals surface area contributed by atoms with Crippen LogP contribution in [-0.2, 0) is 10.1 Å². The molecular weight excluding hydrogens is 445 g/mol. The summed E-state index contributed by atoms with van der Waals surface area (Å²) in [6, 6.07) is 6.48. The summed E-state index contributed by atoms with van der Waals surface area (Å²) >= 11 is 4.94. The van der Waals surface area contributed by atoms with Gasteiger partial charge in [-0.05, 0) is 45.0 Å². The normalized spacial score (nSPS) is 9.86. The molecule has 0 saturated carbocycles. The quantitative estimate of drug-likeness (QED) is 0.368. The van der Waals surface area contributed by atoms with Crippen molar-refractivity contribution >= 4 is 33.7 Å². The van der Waals surface area contributed by atoms with Crippen molar-refractivity contribution in [3.63, 3.8) is 0 Å². The molecule has 8 heteroatoms. The van der Waals surface area contributed by atoms with Crippen LogP contribution in [0.2, 0.25) is 0 Å². The predicted octanol–water partition coefficient (Wildman–Crippen LogP) is 5.97. The van der Waals surface area contributed by atoms with Gasteiger partial charge < -0.3 is 9.84 Å². The number of benzene rings is 1. The second kappa shape index (κ2) is 12.4. The third-order valence-electron chi connectivity index (χ3n) is 3.24. The molecule has 0 radical (unpaired) electrons. The fraction of sp³-hybridized carbons (Fsp3) is 0.350. The summed E-state index contributed by atoms with van der Waals surface area (Å²) in [6.45, 7) is 9.77. The number of rotatable bonds is 5. The highest BCUT2D eigenvalue weighted by molar-refractivity contribution is 9.08. The van der Waals surface area contributed by atoms with Crippen LogP contribution in [0.3, 0.4) is 0 Å². The first-order chi connectivity index (χ1) is 13.5. The SMILES string of the molecule is CC.CC(C)NC=O.Cc1csc(-c2c(-c3ccc(F)cc3)noc2CBr)n1. The van der Waals surface area contributed by atoms with Gasteiger partial charge in [0.15, 0.2) is 5.76 Å². The minimum absolute atomic E-state index is 0.274. The van der Waals surface area contributed by atoms with Crippen LogP contribution < -0.4 is 5.32 Å². The van der Waals surface area contributed by atoms with Crippen LogP contribution in [0.4, 0.5) is 4.39 Å². The first-order valence-electron chi connectivity index (χ1n) is 8.88. The van der Waals surface area contributed by atoms with E-state index >= 15 is 0 Å². The number of hydrogen-bond donors (Lipinski definition) is 1. The van der Waals surface area contributed by atoms with Gasteiger partial charge in [-0.3, -0.25) is 4.79 Å². The molecule has 0 unspecified atom stereocenters. The van der Waals surface area contributed by atoms with Crippen molar-refractivity contribution in [3.05, 3.63) is 46.9 Å². The number of carbonyl (C=O) groups excluding carboxylic acids is 1. The number of amides is 1. The van der Waals surface area contributed by atoms with Crippen molar-refractivity contribution in [2.24, 2.45) is 0 Å². The van der Waals surface area contributed by atoms with E-state index in [0.29, 0.717) is 17.4 Å². The Labute approximate surface area is 177 Å². The maximum Gasteiger partial charge on any atom is 0.207 e. The predicted molar refractivity (Wildman–Crippen MR) is 116 cm³/mol. The van der Waals surface area contributed by atoms with E-state index in [9.17, 15) is 9.18 Å². The van der Waals surface area contributed by atoms with Crippen LogP contribution in [-0.4, -0.2) is 22.6 Å². The van der Waals surface area contributed by atoms with E-state index in [1.54, 1.807) is 23.5 Å². The molecule has 0 fully saturated rings. The fourth-order valence-electron chi connectivity index (χ4n) is 2.05. The van der Waals surface area contributed by atoms with Gasteiger partial charge in [-0.2, -0.15) is 0 Å². The van der Waals surface area contributed by atoms with Gasteiger partial charge in [0, 0.05) is 22.7 Å². The van der Waals surface area contributed by atoms with E-state index in [1.165, 1.54) is 12.1 Å². The van der Waals surface area contributed by atoms with Gasteiger partial charge in [0.2, 0.25) is 6.41 Å². The van der Waals surface area contributed by atoms with Crippen LogP contribution in [0.1, 0.15) is 39.1 Å². The zero-order chi connectivity index (χ0) is 21.1. The van der Waals surface area contributed by atoms with Gasteiger partial charge >= 0.3 is 0 Å². The Morgan fingerprint density at radius 2 is 1.93 bits per heavy atom. The molecule has 152 valence electrons. The lowest BCUT2D eigenvalue weighted by atomic mass is 10.1. The Morgan fingerprint density at radius 1 is 1.29 bits per heavy atom. The van der Waals surface area contributed by atoms with E-state index in [-0.39, 0.29) is 11.9 Å². The number of thiazole rings is 1. The first-order valence-corrected chi connectivity index (χ1v) is 10.9. The first kappa shape index (κ1) is 24.0. The van der Waals surface area contributed by atoms with Crippen molar-refractivity contribution in [2.75, 3.05) is 0 Å². The lowest BCUT2D eigenvalue weighted by molar-refractivity contribution is -0.109. The average Bonchev–Trinajstić information content (AvgIpc) is 3.30. The summed E-state index contributed by atoms with van der Waals surface area (Å²) in [5, 5.41) is 10.0. The molecule has 0 aliphatic heterocycles. The summed E-state index contributed by atoms with van der Waals surface area (Å²) in [5.41, 5.74) is 3.32. The second-order valence-corrected chi connectivity index (χ2v) is 7.12. The number of alkyl halides is 1. The minimum atomic E-state index is -0.274. The summed E-state index contributed by atoms with van der Waals surface area (Å²) < 4.78 is 18.4. The topological polar surface area (TPSA) is 68.0 Å². The minimum Gasteiger partial charge on any atom is -0.359 e. The molecule has 2 heterocycles. The van der Waals surface area contributed by atoms with Crippen molar-refractivity contribution < 1.29 is 13.7 Å². The number of hydrogen-bond acceptors (Lipinski definition) is 5. The Hall–Kier alpha value is -2.06. The molecule has 1 amide bonds. The molecule has 2 aromatic heterocycles. The van der Waals surface area contributed by atoms with Crippen molar-refractivity contribution in [1.29, 1.82) is 0 Å². The highest BCUT2D eigenvalue weighted by atomic mass is 79.9. The van der Waals surface area contributed by atoms with Crippen molar-refractivity contribution in [1.82, 2.24) is 15.5 Å². The molecule has 0 aliphatic carbocycles. The van der Waals surface area contributed by atoms with Crippen LogP contribution in [0.25, 0.3) is 21.8 Å². The summed E-state index contributed by atoms with van der Waals surface area (Å²) in [7, 11) is 0. The molecule has 1 aromatic carbocycles. The summed E-state index contributed by atoms with van der Waals surface area (Å²) in [6.07, 6.45) is 0.699. The molecule has 0 spiro atoms. The molecule has 0 bridgehead atoms. The zero-order valence-corrected chi connectivity index (χ0v) is 19.0. The summed E-state index contributed by atoms with van der Waals surface area (Å²) in [4.78, 5) is 14.0. The van der Waals surface area contributed by atoms with E-state index < -0.39 is 0 Å². The van der Waals surface area contributed by atoms with Gasteiger partial charge in [0.1, 0.15) is 16.5 Å². The Morgan fingerprint density at radius 3 is 2.36 bits per heavy atom. The Bertz CT molecular complexity index is 848. The van der Waals surface area contributed by atoms with Crippen LogP contribution >= 0.6 is 27.3 Å². The molecule has 0 atom stereocenters. The smallest absolute Gasteiger partial charge is 0.207 e. The Balaban J connectivity index is 0.000000422. The standard InChI is InChI=1S/C14H10BrFN2OS.C4H9NO.C2H6/c1-8-7-20-14(17-8)12-11(6-15)19-18-13(12)9-2-4-10(16)5-3-9;1-4(2)5-3-6;1-2/h2-5,7H,6H2,1H3;3-4H,1-2H3,(H,5,6);1-2H3. The lowest BCUT2D eigenvalue weighted by Crippen LogP contribution is -2.19. The number of aryl methyl sites for hydroxylation is 1. The van der Waals surface area contributed by atoms with Crippen LogP contribution in [0, 0.1) is 12.7 Å². The molecule has 5 nitrogen and oxygen atoms in total. The van der Waals surface area contributed by atoms with Crippen LogP contribution in [0.15, 0.2) is 34.2 Å². The molecule has 0 aliphatic rings. The number of nitrogens with one attached hydrogen (secondary N) is 1. The third-order valence-corrected chi connectivity index (χ3v) is 4.72. The maximum absolute atomic E-state index is 13.0. The largest absolute Gasteiger partial charge is 0.359 e. The van der Waals surface area contributed by atoms with Gasteiger partial charge in [0.25, 0.3) is 0 Å². The highest BCUT2D eigenvalue weighted by Gasteiger charge is 2.20. The van der Waals surface area contributed by atoms with Crippen LogP contribution in [0.5, 0.6) is 0 Å². The van der Waals surface area contributed by atoms with E-state index in [0.717, 1.165) is 27.6 Å². The van der Waals surface area contributed by atoms with E-state index in [2.05, 4.69) is 31.4 Å². The number of nitrogens with zero attached hydrogens (tertiary/aromatic N) is 2. The number of halogens is 2. The van der Waals surface area contributed by atoms with Gasteiger partial charge in [0.05, 0.1) is 10.9 Å². The van der Waals surface area contributed by atoms with Gasteiger partial charge in [-0.25, -0.2) is 9.37 Å². The van der Waals surface area contributed by atoms with E-state index in [1.807, 2.05) is 40.0 Å². The highest BCUT2D eigenvalue weighted by Crippen LogP contribution is 2.37. The second-order valence-electron chi connectivity index (χ2n) is 5.70. The fourth-order valence-corrected chi connectivity index (χ4v) is 3.29. The van der Waals surface area contributed by atoms with Gasteiger partial charge in [-0.1, -0.05) is 34.9 Å². The van der Waals surface area contributed by atoms with Crippen molar-refractivity contribution in [2.45, 2.75) is 46.0 Å². The Kier molecular flexibility index (Phi) is 10.6. The van der Waals surface area contributed by atoms with Gasteiger partial charge in [-0.15, -0.1) is 11.3 Å². The molecule has 0 saturated heterocycles.